The first kappa shape index (κ1) is 19.0. The molecule has 0 bridgehead atoms. The van der Waals surface area contributed by atoms with Gasteiger partial charge in [0.05, 0.1) is 15.2 Å². The second-order valence-electron chi connectivity index (χ2n) is 6.40. The zero-order valence-electron chi connectivity index (χ0n) is 14.7. The molecule has 1 saturated heterocycles. The van der Waals surface area contributed by atoms with E-state index in [9.17, 15) is 14.7 Å². The van der Waals surface area contributed by atoms with Gasteiger partial charge >= 0.3 is 12.0 Å². The summed E-state index contributed by atoms with van der Waals surface area (Å²) in [5.41, 5.74) is 1.03. The van der Waals surface area contributed by atoms with E-state index in [0.717, 1.165) is 23.4 Å². The van der Waals surface area contributed by atoms with E-state index in [1.54, 1.807) is 28.0 Å². The smallest absolute Gasteiger partial charge is 0.326 e. The van der Waals surface area contributed by atoms with Gasteiger partial charge in [0.2, 0.25) is 0 Å². The summed E-state index contributed by atoms with van der Waals surface area (Å²) in [6, 6.07) is 7.03. The minimum atomic E-state index is -0.975. The molecule has 0 aliphatic carbocycles. The number of para-hydroxylation sites is 1. The predicted molar refractivity (Wildman–Crippen MR) is 106 cm³/mol. The highest BCUT2D eigenvalue weighted by Gasteiger charge is 2.28. The quantitative estimate of drug-likeness (QED) is 0.786. The van der Waals surface area contributed by atoms with Gasteiger partial charge in [-0.15, -0.1) is 11.3 Å². The van der Waals surface area contributed by atoms with Crippen molar-refractivity contribution in [1.29, 1.82) is 0 Å². The number of aromatic nitrogens is 1. The molecule has 1 atom stereocenters. The first-order chi connectivity index (χ1) is 12.6. The molecular weight excluding hydrogens is 370 g/mol. The molecule has 140 valence electrons. The van der Waals surface area contributed by atoms with Crippen LogP contribution in [0, 0.1) is 0 Å². The van der Waals surface area contributed by atoms with Crippen LogP contribution in [0.2, 0.25) is 0 Å². The largest absolute Gasteiger partial charge is 0.480 e. The zero-order chi connectivity index (χ0) is 18.5. The second kappa shape index (κ2) is 8.73. The molecule has 2 N–H and O–H groups in total. The van der Waals surface area contributed by atoms with E-state index in [1.807, 2.05) is 24.5 Å². The number of hydrogen-bond donors (Lipinski definition) is 2. The highest BCUT2D eigenvalue weighted by molar-refractivity contribution is 7.98. The number of carbonyl (C=O) groups excluding carboxylic acids is 1. The molecule has 1 aromatic carbocycles. The Morgan fingerprint density at radius 3 is 2.77 bits per heavy atom. The third-order valence-corrected chi connectivity index (χ3v) is 6.49. The fourth-order valence-corrected chi connectivity index (χ4v) is 4.74. The number of piperidine rings is 1. The molecule has 0 saturated carbocycles. The lowest BCUT2D eigenvalue weighted by Crippen LogP contribution is -2.50. The van der Waals surface area contributed by atoms with Crippen molar-refractivity contribution in [1.82, 2.24) is 15.2 Å². The normalized spacial score (nSPS) is 16.6. The maximum atomic E-state index is 12.4. The molecule has 1 fully saturated rings. The Hall–Kier alpha value is -1.80. The molecule has 1 aliphatic rings. The standard InChI is InChI=1S/C18H23N3O3S2/c1-25-11-8-14(17(22)23)20-18(24)21-9-6-12(7-10-21)16-19-13-4-2-3-5-15(13)26-16/h2-5,12,14H,6-11H2,1H3,(H,20,24)(H,22,23)/t14-/m0/s1. The minimum Gasteiger partial charge on any atom is -0.480 e. The van der Waals surface area contributed by atoms with E-state index in [-0.39, 0.29) is 6.03 Å². The Morgan fingerprint density at radius 2 is 2.12 bits per heavy atom. The third kappa shape index (κ3) is 4.48. The van der Waals surface area contributed by atoms with Gasteiger partial charge in [-0.05, 0) is 43.4 Å². The Kier molecular flexibility index (Phi) is 6.37. The minimum absolute atomic E-state index is 0.277. The summed E-state index contributed by atoms with van der Waals surface area (Å²) >= 11 is 3.30. The lowest BCUT2D eigenvalue weighted by atomic mass is 9.98. The molecule has 2 amide bonds. The van der Waals surface area contributed by atoms with Crippen LogP contribution in [0.4, 0.5) is 4.79 Å². The molecule has 1 aliphatic heterocycles. The molecule has 2 heterocycles. The van der Waals surface area contributed by atoms with Gasteiger partial charge in [0.1, 0.15) is 6.04 Å². The molecule has 8 heteroatoms. The van der Waals surface area contributed by atoms with E-state index in [1.165, 1.54) is 4.70 Å². The fraction of sp³-hybridized carbons (Fsp3) is 0.500. The SMILES string of the molecule is CSCC[C@H](NC(=O)N1CCC(c2nc3ccccc3s2)CC1)C(=O)O. The predicted octanol–water partition coefficient (Wildman–Crippen LogP) is 3.39. The number of carboxylic acids is 1. The lowest BCUT2D eigenvalue weighted by Gasteiger charge is -2.32. The van der Waals surface area contributed by atoms with E-state index in [4.69, 9.17) is 4.98 Å². The molecule has 26 heavy (non-hydrogen) atoms. The maximum Gasteiger partial charge on any atom is 0.326 e. The number of carbonyl (C=O) groups is 2. The van der Waals surface area contributed by atoms with Crippen LogP contribution in [0.5, 0.6) is 0 Å². The molecule has 0 spiro atoms. The van der Waals surface area contributed by atoms with E-state index >= 15 is 0 Å². The monoisotopic (exact) mass is 393 g/mol. The Balaban J connectivity index is 1.55. The van der Waals surface area contributed by atoms with Gasteiger partial charge in [0.25, 0.3) is 0 Å². The first-order valence-electron chi connectivity index (χ1n) is 8.71. The van der Waals surface area contributed by atoms with Crippen LogP contribution in [-0.2, 0) is 4.79 Å². The molecule has 1 aromatic heterocycles. The number of rotatable bonds is 6. The molecule has 0 unspecified atom stereocenters. The summed E-state index contributed by atoms with van der Waals surface area (Å²) in [7, 11) is 0. The highest BCUT2D eigenvalue weighted by atomic mass is 32.2. The number of thioether (sulfide) groups is 1. The Morgan fingerprint density at radius 1 is 1.38 bits per heavy atom. The molecule has 2 aromatic rings. The van der Waals surface area contributed by atoms with Crippen LogP contribution < -0.4 is 5.32 Å². The van der Waals surface area contributed by atoms with E-state index < -0.39 is 12.0 Å². The van der Waals surface area contributed by atoms with Gasteiger partial charge in [-0.25, -0.2) is 14.6 Å². The number of hydrogen-bond acceptors (Lipinski definition) is 5. The number of nitrogens with zero attached hydrogens (tertiary/aromatic N) is 2. The second-order valence-corrected chi connectivity index (χ2v) is 8.45. The average Bonchev–Trinajstić information content (AvgIpc) is 3.09. The number of carboxylic acid groups (broad SMARTS) is 1. The van der Waals surface area contributed by atoms with Gasteiger partial charge in [0.15, 0.2) is 0 Å². The van der Waals surface area contributed by atoms with Crippen molar-refractivity contribution >= 4 is 45.3 Å². The van der Waals surface area contributed by atoms with Crippen molar-refractivity contribution in [2.45, 2.75) is 31.2 Å². The Labute approximate surface area is 161 Å². The third-order valence-electron chi connectivity index (χ3n) is 4.65. The number of aliphatic carboxylic acids is 1. The number of fused-ring (bicyclic) bond motifs is 1. The Bertz CT molecular complexity index is 739. The van der Waals surface area contributed by atoms with Crippen molar-refractivity contribution in [3.8, 4) is 0 Å². The number of amides is 2. The summed E-state index contributed by atoms with van der Waals surface area (Å²) in [5, 5.41) is 13.0. The number of benzene rings is 1. The van der Waals surface area contributed by atoms with Gasteiger partial charge in [-0.1, -0.05) is 12.1 Å². The first-order valence-corrected chi connectivity index (χ1v) is 10.9. The van der Waals surface area contributed by atoms with Crippen LogP contribution in [0.15, 0.2) is 24.3 Å². The average molecular weight is 394 g/mol. The van der Waals surface area contributed by atoms with Gasteiger partial charge < -0.3 is 15.3 Å². The van der Waals surface area contributed by atoms with Crippen LogP contribution in [0.25, 0.3) is 10.2 Å². The van der Waals surface area contributed by atoms with Crippen molar-refractivity contribution in [3.63, 3.8) is 0 Å². The zero-order valence-corrected chi connectivity index (χ0v) is 16.3. The maximum absolute atomic E-state index is 12.4. The summed E-state index contributed by atoms with van der Waals surface area (Å²) in [6.45, 7) is 1.25. The van der Waals surface area contributed by atoms with Crippen molar-refractivity contribution in [2.75, 3.05) is 25.1 Å². The van der Waals surface area contributed by atoms with Crippen molar-refractivity contribution in [2.24, 2.45) is 0 Å². The fourth-order valence-electron chi connectivity index (χ4n) is 3.13. The number of thiazole rings is 1. The number of nitrogens with one attached hydrogen (secondary N) is 1. The molecule has 6 nitrogen and oxygen atoms in total. The van der Waals surface area contributed by atoms with E-state index in [0.29, 0.717) is 31.2 Å². The lowest BCUT2D eigenvalue weighted by molar-refractivity contribution is -0.139. The molecule has 3 rings (SSSR count). The molecule has 0 radical (unpaired) electrons. The summed E-state index contributed by atoms with van der Waals surface area (Å²) in [5.74, 6) is 0.0941. The van der Waals surface area contributed by atoms with Crippen molar-refractivity contribution < 1.29 is 14.7 Å². The van der Waals surface area contributed by atoms with Crippen molar-refractivity contribution in [3.05, 3.63) is 29.3 Å². The summed E-state index contributed by atoms with van der Waals surface area (Å²) < 4.78 is 1.20. The topological polar surface area (TPSA) is 82.5 Å². The van der Waals surface area contributed by atoms with Crippen LogP contribution in [-0.4, -0.2) is 58.1 Å². The highest BCUT2D eigenvalue weighted by Crippen LogP contribution is 2.33. The molecular formula is C18H23N3O3S2. The number of likely N-dealkylation sites (tertiary alicyclic amines) is 1. The number of urea groups is 1. The van der Waals surface area contributed by atoms with Gasteiger partial charge in [-0.3, -0.25) is 0 Å². The summed E-state index contributed by atoms with van der Waals surface area (Å²) in [4.78, 5) is 30.1. The van der Waals surface area contributed by atoms with E-state index in [2.05, 4.69) is 11.4 Å². The summed E-state index contributed by atoms with van der Waals surface area (Å²) in [6.07, 6.45) is 4.07. The van der Waals surface area contributed by atoms with Crippen LogP contribution >= 0.6 is 23.1 Å². The van der Waals surface area contributed by atoms with Gasteiger partial charge in [-0.2, -0.15) is 11.8 Å². The van der Waals surface area contributed by atoms with Gasteiger partial charge in [0, 0.05) is 19.0 Å². The van der Waals surface area contributed by atoms with Crippen LogP contribution in [0.3, 0.4) is 0 Å². The van der Waals surface area contributed by atoms with Crippen LogP contribution in [0.1, 0.15) is 30.2 Å².